The number of hydrogen-bond donors (Lipinski definition) is 0. The molecule has 26 heavy (non-hydrogen) atoms. The summed E-state index contributed by atoms with van der Waals surface area (Å²) in [6.45, 7) is 7.92. The SMILES string of the molecule is Cc1ccc(C(=O)CN2CCC(CCN3CCCCCC3)CC2)cc1F. The van der Waals surface area contributed by atoms with Crippen LogP contribution in [0.3, 0.4) is 0 Å². The van der Waals surface area contributed by atoms with Gasteiger partial charge >= 0.3 is 0 Å². The molecule has 0 saturated carbocycles. The summed E-state index contributed by atoms with van der Waals surface area (Å²) in [7, 11) is 0. The first kappa shape index (κ1) is 19.5. The van der Waals surface area contributed by atoms with Gasteiger partial charge in [-0.1, -0.05) is 25.0 Å². The van der Waals surface area contributed by atoms with E-state index >= 15 is 0 Å². The first-order valence-electron chi connectivity index (χ1n) is 10.4. The molecule has 2 aliphatic heterocycles. The first-order chi connectivity index (χ1) is 12.6. The molecule has 2 saturated heterocycles. The number of rotatable bonds is 6. The predicted octanol–water partition coefficient (Wildman–Crippen LogP) is 4.29. The van der Waals surface area contributed by atoms with Crippen LogP contribution >= 0.6 is 0 Å². The lowest BCUT2D eigenvalue weighted by Crippen LogP contribution is -2.38. The standard InChI is InChI=1S/C22H33FN2O/c1-18-6-7-20(16-21(18)23)22(26)17-25-14-9-19(10-15-25)8-13-24-11-4-2-3-5-12-24/h6-7,16,19H,2-5,8-15,17H2,1H3. The largest absolute Gasteiger partial charge is 0.303 e. The number of ketones is 1. The lowest BCUT2D eigenvalue weighted by atomic mass is 9.93. The molecule has 0 atom stereocenters. The van der Waals surface area contributed by atoms with Gasteiger partial charge in [0.2, 0.25) is 0 Å². The molecule has 3 rings (SSSR count). The third-order valence-electron chi connectivity index (χ3n) is 6.12. The highest BCUT2D eigenvalue weighted by molar-refractivity contribution is 5.97. The van der Waals surface area contributed by atoms with Crippen molar-refractivity contribution in [1.29, 1.82) is 0 Å². The predicted molar refractivity (Wildman–Crippen MR) is 104 cm³/mol. The summed E-state index contributed by atoms with van der Waals surface area (Å²) in [6, 6.07) is 4.82. The minimum Gasteiger partial charge on any atom is -0.303 e. The average Bonchev–Trinajstić information content (AvgIpc) is 2.92. The van der Waals surface area contributed by atoms with E-state index in [2.05, 4.69) is 9.80 Å². The fourth-order valence-electron chi connectivity index (χ4n) is 4.22. The molecule has 0 spiro atoms. The number of Topliss-reactive ketones (excluding diaryl/α,β-unsaturated/α-hetero) is 1. The number of carbonyl (C=O) groups is 1. The molecule has 0 amide bonds. The van der Waals surface area contributed by atoms with Crippen molar-refractivity contribution in [3.63, 3.8) is 0 Å². The van der Waals surface area contributed by atoms with E-state index in [-0.39, 0.29) is 11.6 Å². The Morgan fingerprint density at radius 2 is 1.73 bits per heavy atom. The zero-order chi connectivity index (χ0) is 18.4. The van der Waals surface area contributed by atoms with E-state index < -0.39 is 0 Å². The van der Waals surface area contributed by atoms with Crippen LogP contribution < -0.4 is 0 Å². The van der Waals surface area contributed by atoms with Gasteiger partial charge in [0, 0.05) is 5.56 Å². The van der Waals surface area contributed by atoms with Gasteiger partial charge in [-0.05, 0) is 89.3 Å². The quantitative estimate of drug-likeness (QED) is 0.707. The van der Waals surface area contributed by atoms with Crippen LogP contribution in [-0.2, 0) is 0 Å². The molecule has 2 fully saturated rings. The van der Waals surface area contributed by atoms with Gasteiger partial charge in [-0.3, -0.25) is 9.69 Å². The van der Waals surface area contributed by atoms with Crippen LogP contribution in [0, 0.1) is 18.7 Å². The first-order valence-corrected chi connectivity index (χ1v) is 10.4. The van der Waals surface area contributed by atoms with Gasteiger partial charge in [0.25, 0.3) is 0 Å². The number of carbonyl (C=O) groups excluding carboxylic acids is 1. The molecular formula is C22H33FN2O. The Labute approximate surface area is 157 Å². The minimum atomic E-state index is -0.289. The second kappa shape index (κ2) is 9.61. The molecular weight excluding hydrogens is 327 g/mol. The van der Waals surface area contributed by atoms with Crippen molar-refractivity contribution < 1.29 is 9.18 Å². The van der Waals surface area contributed by atoms with Crippen LogP contribution in [0.25, 0.3) is 0 Å². The van der Waals surface area contributed by atoms with Gasteiger partial charge in [0.15, 0.2) is 5.78 Å². The number of halogens is 1. The van der Waals surface area contributed by atoms with Crippen LogP contribution in [-0.4, -0.2) is 54.9 Å². The van der Waals surface area contributed by atoms with E-state index in [0.29, 0.717) is 17.7 Å². The summed E-state index contributed by atoms with van der Waals surface area (Å²) < 4.78 is 13.7. The van der Waals surface area contributed by atoms with Crippen molar-refractivity contribution in [3.8, 4) is 0 Å². The molecule has 2 aliphatic rings. The number of benzene rings is 1. The van der Waals surface area contributed by atoms with E-state index in [1.165, 1.54) is 70.6 Å². The Kier molecular flexibility index (Phi) is 7.21. The fraction of sp³-hybridized carbons (Fsp3) is 0.682. The molecule has 0 radical (unpaired) electrons. The van der Waals surface area contributed by atoms with Crippen LogP contribution in [0.1, 0.15) is 60.9 Å². The zero-order valence-electron chi connectivity index (χ0n) is 16.2. The summed E-state index contributed by atoms with van der Waals surface area (Å²) >= 11 is 0. The molecule has 2 heterocycles. The Balaban J connectivity index is 1.39. The summed E-state index contributed by atoms with van der Waals surface area (Å²) in [5.74, 6) is 0.538. The summed E-state index contributed by atoms with van der Waals surface area (Å²) in [5.41, 5.74) is 1.09. The summed E-state index contributed by atoms with van der Waals surface area (Å²) in [5, 5.41) is 0. The zero-order valence-corrected chi connectivity index (χ0v) is 16.2. The molecule has 0 aliphatic carbocycles. The topological polar surface area (TPSA) is 23.6 Å². The minimum absolute atomic E-state index is 0.0342. The number of nitrogens with zero attached hydrogens (tertiary/aromatic N) is 2. The second-order valence-corrected chi connectivity index (χ2v) is 8.15. The fourth-order valence-corrected chi connectivity index (χ4v) is 4.22. The Bertz CT molecular complexity index is 588. The van der Waals surface area contributed by atoms with Gasteiger partial charge in [-0.2, -0.15) is 0 Å². The van der Waals surface area contributed by atoms with Gasteiger partial charge in [-0.15, -0.1) is 0 Å². The second-order valence-electron chi connectivity index (χ2n) is 8.15. The number of piperidine rings is 1. The van der Waals surface area contributed by atoms with Crippen molar-refractivity contribution in [2.24, 2.45) is 5.92 Å². The lowest BCUT2D eigenvalue weighted by Gasteiger charge is -2.32. The third-order valence-corrected chi connectivity index (χ3v) is 6.12. The van der Waals surface area contributed by atoms with Crippen LogP contribution in [0.4, 0.5) is 4.39 Å². The van der Waals surface area contributed by atoms with Gasteiger partial charge in [-0.25, -0.2) is 4.39 Å². The highest BCUT2D eigenvalue weighted by Gasteiger charge is 2.22. The number of likely N-dealkylation sites (tertiary alicyclic amines) is 2. The molecule has 1 aromatic rings. The Morgan fingerprint density at radius 3 is 2.38 bits per heavy atom. The molecule has 144 valence electrons. The van der Waals surface area contributed by atoms with Gasteiger partial charge in [0.05, 0.1) is 6.54 Å². The maximum Gasteiger partial charge on any atom is 0.176 e. The number of hydrogen-bond acceptors (Lipinski definition) is 3. The average molecular weight is 361 g/mol. The van der Waals surface area contributed by atoms with E-state index in [0.717, 1.165) is 19.0 Å². The van der Waals surface area contributed by atoms with Crippen molar-refractivity contribution in [2.45, 2.75) is 51.9 Å². The smallest absolute Gasteiger partial charge is 0.176 e. The van der Waals surface area contributed by atoms with Crippen molar-refractivity contribution in [3.05, 3.63) is 35.1 Å². The van der Waals surface area contributed by atoms with Gasteiger partial charge in [0.1, 0.15) is 5.82 Å². The lowest BCUT2D eigenvalue weighted by molar-refractivity contribution is 0.0888. The van der Waals surface area contributed by atoms with Crippen LogP contribution in [0.15, 0.2) is 18.2 Å². The molecule has 1 aromatic carbocycles. The monoisotopic (exact) mass is 360 g/mol. The Hall–Kier alpha value is -1.26. The normalized spacial score (nSPS) is 20.8. The van der Waals surface area contributed by atoms with Crippen molar-refractivity contribution in [1.82, 2.24) is 9.80 Å². The van der Waals surface area contributed by atoms with Crippen LogP contribution in [0.2, 0.25) is 0 Å². The van der Waals surface area contributed by atoms with E-state index in [4.69, 9.17) is 0 Å². The molecule has 0 N–H and O–H groups in total. The highest BCUT2D eigenvalue weighted by Crippen LogP contribution is 2.22. The summed E-state index contributed by atoms with van der Waals surface area (Å²) in [4.78, 5) is 17.3. The molecule has 4 heteroatoms. The Morgan fingerprint density at radius 1 is 1.04 bits per heavy atom. The van der Waals surface area contributed by atoms with E-state index in [1.807, 2.05) is 0 Å². The number of aryl methyl sites for hydroxylation is 1. The molecule has 0 aromatic heterocycles. The van der Waals surface area contributed by atoms with E-state index in [1.54, 1.807) is 19.1 Å². The van der Waals surface area contributed by atoms with Crippen molar-refractivity contribution in [2.75, 3.05) is 39.3 Å². The van der Waals surface area contributed by atoms with Gasteiger partial charge < -0.3 is 4.90 Å². The summed E-state index contributed by atoms with van der Waals surface area (Å²) in [6.07, 6.45) is 9.18. The molecule has 3 nitrogen and oxygen atoms in total. The van der Waals surface area contributed by atoms with Crippen molar-refractivity contribution >= 4 is 5.78 Å². The van der Waals surface area contributed by atoms with E-state index in [9.17, 15) is 9.18 Å². The maximum atomic E-state index is 13.7. The molecule has 0 unspecified atom stereocenters. The third kappa shape index (κ3) is 5.62. The highest BCUT2D eigenvalue weighted by atomic mass is 19.1. The van der Waals surface area contributed by atoms with Crippen LogP contribution in [0.5, 0.6) is 0 Å². The molecule has 0 bridgehead atoms. The maximum absolute atomic E-state index is 13.7.